The van der Waals surface area contributed by atoms with Crippen LogP contribution in [0.4, 0.5) is 0 Å². The Hall–Kier alpha value is -0.940. The Morgan fingerprint density at radius 3 is 2.65 bits per heavy atom. The van der Waals surface area contributed by atoms with E-state index in [-0.39, 0.29) is 5.91 Å². The van der Waals surface area contributed by atoms with Crippen LogP contribution in [0.1, 0.15) is 30.6 Å². The zero-order chi connectivity index (χ0) is 14.5. The maximum Gasteiger partial charge on any atom is 0.256 e. The molecule has 4 nitrogen and oxygen atoms in total. The van der Waals surface area contributed by atoms with Gasteiger partial charge in [0.1, 0.15) is 4.60 Å². The van der Waals surface area contributed by atoms with E-state index < -0.39 is 0 Å². The van der Waals surface area contributed by atoms with Gasteiger partial charge in [0.15, 0.2) is 0 Å². The van der Waals surface area contributed by atoms with Gasteiger partial charge < -0.3 is 4.90 Å². The molecule has 0 N–H and O–H groups in total. The molecule has 0 aliphatic carbocycles. The third kappa shape index (κ3) is 4.03. The van der Waals surface area contributed by atoms with Gasteiger partial charge in [-0.15, -0.1) is 0 Å². The van der Waals surface area contributed by atoms with Crippen molar-refractivity contribution >= 4 is 21.8 Å². The number of rotatable bonds is 4. The molecule has 20 heavy (non-hydrogen) atoms. The highest BCUT2D eigenvalue weighted by molar-refractivity contribution is 9.10. The van der Waals surface area contributed by atoms with Crippen LogP contribution in [-0.2, 0) is 0 Å². The van der Waals surface area contributed by atoms with Crippen molar-refractivity contribution in [3.63, 3.8) is 0 Å². The molecule has 2 heterocycles. The number of carbonyl (C=O) groups excluding carboxylic acids is 1. The molecule has 110 valence electrons. The molecule has 1 fully saturated rings. The standard InChI is InChI=1S/C15H22BrN3O/c1-12(2)5-7-18-8-10-19(11-9-18)15(20)13-4-3-6-17-14(13)16/h3-4,6,12H,5,7-11H2,1-2H3. The van der Waals surface area contributed by atoms with Crippen LogP contribution in [0.15, 0.2) is 22.9 Å². The Kier molecular flexibility index (Phi) is 5.54. The van der Waals surface area contributed by atoms with E-state index in [1.165, 1.54) is 6.42 Å². The van der Waals surface area contributed by atoms with Gasteiger partial charge in [0.2, 0.25) is 0 Å². The largest absolute Gasteiger partial charge is 0.336 e. The van der Waals surface area contributed by atoms with Crippen molar-refractivity contribution in [2.75, 3.05) is 32.7 Å². The monoisotopic (exact) mass is 339 g/mol. The van der Waals surface area contributed by atoms with Gasteiger partial charge in [-0.2, -0.15) is 0 Å². The summed E-state index contributed by atoms with van der Waals surface area (Å²) in [7, 11) is 0. The molecule has 1 aliphatic heterocycles. The second kappa shape index (κ2) is 7.18. The van der Waals surface area contributed by atoms with Crippen molar-refractivity contribution in [1.82, 2.24) is 14.8 Å². The summed E-state index contributed by atoms with van der Waals surface area (Å²) in [5.74, 6) is 0.814. The van der Waals surface area contributed by atoms with E-state index in [1.807, 2.05) is 11.0 Å². The van der Waals surface area contributed by atoms with Crippen molar-refractivity contribution in [2.24, 2.45) is 5.92 Å². The van der Waals surface area contributed by atoms with Crippen LogP contribution >= 0.6 is 15.9 Å². The average molecular weight is 340 g/mol. The summed E-state index contributed by atoms with van der Waals surface area (Å²) >= 11 is 3.35. The second-order valence-electron chi connectivity index (χ2n) is 5.66. The van der Waals surface area contributed by atoms with Crippen molar-refractivity contribution < 1.29 is 4.79 Å². The molecule has 2 rings (SSSR count). The summed E-state index contributed by atoms with van der Waals surface area (Å²) in [6.45, 7) is 9.18. The molecule has 0 bridgehead atoms. The van der Waals surface area contributed by atoms with Gasteiger partial charge in [0, 0.05) is 32.4 Å². The zero-order valence-electron chi connectivity index (χ0n) is 12.2. The Balaban J connectivity index is 1.88. The Morgan fingerprint density at radius 1 is 1.35 bits per heavy atom. The lowest BCUT2D eigenvalue weighted by Crippen LogP contribution is -2.49. The molecule has 1 amide bonds. The molecular formula is C15H22BrN3O. The fourth-order valence-electron chi connectivity index (χ4n) is 2.33. The lowest BCUT2D eigenvalue weighted by atomic mass is 10.1. The van der Waals surface area contributed by atoms with E-state index in [1.54, 1.807) is 12.3 Å². The average Bonchev–Trinajstić information content (AvgIpc) is 2.45. The normalized spacial score (nSPS) is 16.7. The number of hydrogen-bond donors (Lipinski definition) is 0. The van der Waals surface area contributed by atoms with Gasteiger partial charge >= 0.3 is 0 Å². The van der Waals surface area contributed by atoms with Crippen LogP contribution in [0.5, 0.6) is 0 Å². The van der Waals surface area contributed by atoms with E-state index in [9.17, 15) is 4.79 Å². The third-order valence-corrected chi connectivity index (χ3v) is 4.30. The first-order valence-corrected chi connectivity index (χ1v) is 7.99. The van der Waals surface area contributed by atoms with Crippen molar-refractivity contribution in [3.05, 3.63) is 28.5 Å². The minimum Gasteiger partial charge on any atom is -0.336 e. The molecule has 0 saturated carbocycles. The summed E-state index contributed by atoms with van der Waals surface area (Å²) in [6, 6.07) is 3.63. The van der Waals surface area contributed by atoms with Gasteiger partial charge in [-0.3, -0.25) is 9.69 Å². The van der Waals surface area contributed by atoms with Crippen LogP contribution in [0.2, 0.25) is 0 Å². The first-order valence-electron chi connectivity index (χ1n) is 7.20. The van der Waals surface area contributed by atoms with E-state index in [0.29, 0.717) is 10.2 Å². The highest BCUT2D eigenvalue weighted by atomic mass is 79.9. The van der Waals surface area contributed by atoms with E-state index >= 15 is 0 Å². The predicted octanol–water partition coefficient (Wildman–Crippen LogP) is 2.65. The number of amides is 1. The number of hydrogen-bond acceptors (Lipinski definition) is 3. The molecule has 0 atom stereocenters. The second-order valence-corrected chi connectivity index (χ2v) is 6.41. The van der Waals surface area contributed by atoms with E-state index in [0.717, 1.165) is 38.6 Å². The summed E-state index contributed by atoms with van der Waals surface area (Å²) < 4.78 is 0.632. The number of nitrogens with zero attached hydrogens (tertiary/aromatic N) is 3. The lowest BCUT2D eigenvalue weighted by molar-refractivity contribution is 0.0630. The van der Waals surface area contributed by atoms with E-state index in [4.69, 9.17) is 0 Å². The smallest absolute Gasteiger partial charge is 0.256 e. The van der Waals surface area contributed by atoms with Crippen LogP contribution in [-0.4, -0.2) is 53.4 Å². The highest BCUT2D eigenvalue weighted by Gasteiger charge is 2.23. The topological polar surface area (TPSA) is 36.4 Å². The number of piperazine rings is 1. The summed E-state index contributed by atoms with van der Waals surface area (Å²) in [5.41, 5.74) is 0.656. The van der Waals surface area contributed by atoms with Crippen molar-refractivity contribution in [2.45, 2.75) is 20.3 Å². The van der Waals surface area contributed by atoms with Gasteiger partial charge in [-0.05, 0) is 46.9 Å². The maximum atomic E-state index is 12.4. The Bertz CT molecular complexity index is 456. The molecule has 0 radical (unpaired) electrons. The first-order chi connectivity index (χ1) is 9.58. The molecular weight excluding hydrogens is 318 g/mol. The quantitative estimate of drug-likeness (QED) is 0.791. The number of halogens is 1. The van der Waals surface area contributed by atoms with Crippen molar-refractivity contribution in [3.8, 4) is 0 Å². The van der Waals surface area contributed by atoms with Crippen LogP contribution in [0.3, 0.4) is 0 Å². The third-order valence-electron chi connectivity index (χ3n) is 3.67. The first kappa shape index (κ1) is 15.4. The molecule has 1 aromatic heterocycles. The van der Waals surface area contributed by atoms with Crippen LogP contribution < -0.4 is 0 Å². The molecule has 0 unspecified atom stereocenters. The predicted molar refractivity (Wildman–Crippen MR) is 83.7 cm³/mol. The van der Waals surface area contributed by atoms with Gasteiger partial charge in [-0.25, -0.2) is 4.98 Å². The molecule has 0 aromatic carbocycles. The molecule has 5 heteroatoms. The fourth-order valence-corrected chi connectivity index (χ4v) is 2.75. The van der Waals surface area contributed by atoms with Gasteiger partial charge in [-0.1, -0.05) is 13.8 Å². The Labute approximate surface area is 129 Å². The number of pyridine rings is 1. The maximum absolute atomic E-state index is 12.4. The van der Waals surface area contributed by atoms with Gasteiger partial charge in [0.25, 0.3) is 5.91 Å². The minimum absolute atomic E-state index is 0.0773. The van der Waals surface area contributed by atoms with Crippen molar-refractivity contribution in [1.29, 1.82) is 0 Å². The molecule has 1 aliphatic rings. The SMILES string of the molecule is CC(C)CCN1CCN(C(=O)c2cccnc2Br)CC1. The summed E-state index contributed by atoms with van der Waals surface area (Å²) in [5, 5.41) is 0. The fraction of sp³-hybridized carbons (Fsp3) is 0.600. The molecule has 0 spiro atoms. The highest BCUT2D eigenvalue weighted by Crippen LogP contribution is 2.16. The number of carbonyl (C=O) groups is 1. The molecule has 1 saturated heterocycles. The van der Waals surface area contributed by atoms with Crippen LogP contribution in [0.25, 0.3) is 0 Å². The minimum atomic E-state index is 0.0773. The zero-order valence-corrected chi connectivity index (χ0v) is 13.8. The summed E-state index contributed by atoms with van der Waals surface area (Å²) in [4.78, 5) is 20.9. The van der Waals surface area contributed by atoms with Gasteiger partial charge in [0.05, 0.1) is 5.56 Å². The summed E-state index contributed by atoms with van der Waals surface area (Å²) in [6.07, 6.45) is 2.91. The molecule has 1 aromatic rings. The number of aromatic nitrogens is 1. The van der Waals surface area contributed by atoms with E-state index in [2.05, 4.69) is 39.7 Å². The Morgan fingerprint density at radius 2 is 2.05 bits per heavy atom. The lowest BCUT2D eigenvalue weighted by Gasteiger charge is -2.35. The van der Waals surface area contributed by atoms with Crippen LogP contribution in [0, 0.1) is 5.92 Å².